The number of rotatable bonds is 11. The number of ketones is 1. The fraction of sp³-hybridized carbons (Fsp3) is 0.0968. The number of thioether (sulfide) groups is 1. The molecule has 1 aliphatic heterocycles. The molecule has 0 saturated heterocycles. The van der Waals surface area contributed by atoms with Crippen LogP contribution in [0.2, 0.25) is 10.0 Å². The Morgan fingerprint density at radius 1 is 1.10 bits per heavy atom. The topological polar surface area (TPSA) is 92.6 Å². The number of allylic oxidation sites excluding steroid dienone is 1. The zero-order valence-electron chi connectivity index (χ0n) is 21.9. The predicted octanol–water partition coefficient (Wildman–Crippen LogP) is 7.88. The van der Waals surface area contributed by atoms with Crippen LogP contribution in [-0.4, -0.2) is 33.6 Å². The van der Waals surface area contributed by atoms with Gasteiger partial charge >= 0.3 is 0 Å². The van der Waals surface area contributed by atoms with Crippen molar-refractivity contribution in [2.24, 2.45) is 0 Å². The van der Waals surface area contributed by atoms with E-state index in [0.717, 1.165) is 11.1 Å². The second kappa shape index (κ2) is 13.4. The number of aliphatic hydroxyl groups is 1. The molecule has 0 saturated carbocycles. The number of carbonyl (C=O) groups excluding carboxylic acids is 2. The molecular weight excluding hydrogens is 613 g/mol. The lowest BCUT2D eigenvalue weighted by Gasteiger charge is -2.24. The van der Waals surface area contributed by atoms with Gasteiger partial charge in [-0.05, 0) is 47.0 Å². The maximum atomic E-state index is 13.5. The second-order valence-corrected chi connectivity index (χ2v) is 12.0. The van der Waals surface area contributed by atoms with E-state index in [1.165, 1.54) is 34.1 Å². The number of hydrogen-bond acceptors (Lipinski definition) is 8. The Hall–Kier alpha value is -3.89. The minimum atomic E-state index is -0.964. The summed E-state index contributed by atoms with van der Waals surface area (Å²) in [5, 5.41) is 20.8. The zero-order valence-corrected chi connectivity index (χ0v) is 25.1. The van der Waals surface area contributed by atoms with Crippen LogP contribution in [0.3, 0.4) is 0 Å². The van der Waals surface area contributed by atoms with Gasteiger partial charge < -0.3 is 9.84 Å². The molecular formula is C31H23Cl2N3O4S2. The number of carbonyl (C=O) groups is 2. The average Bonchev–Trinajstić information content (AvgIpc) is 3.56. The molecule has 11 heteroatoms. The Balaban J connectivity index is 1.48. The Morgan fingerprint density at radius 2 is 1.90 bits per heavy atom. The molecule has 42 heavy (non-hydrogen) atoms. The van der Waals surface area contributed by atoms with Crippen molar-refractivity contribution in [2.45, 2.75) is 16.1 Å². The number of anilines is 1. The molecule has 4 aromatic rings. The molecule has 1 aromatic heterocycles. The van der Waals surface area contributed by atoms with Crippen LogP contribution in [0, 0.1) is 0 Å². The van der Waals surface area contributed by atoms with Crippen molar-refractivity contribution in [1.29, 1.82) is 0 Å². The van der Waals surface area contributed by atoms with Crippen molar-refractivity contribution in [2.75, 3.05) is 11.5 Å². The van der Waals surface area contributed by atoms with Gasteiger partial charge in [0.1, 0.15) is 12.4 Å². The lowest BCUT2D eigenvalue weighted by atomic mass is 9.95. The lowest BCUT2D eigenvalue weighted by molar-refractivity contribution is -0.117. The van der Waals surface area contributed by atoms with E-state index in [4.69, 9.17) is 27.9 Å². The van der Waals surface area contributed by atoms with E-state index >= 15 is 0 Å². The first-order valence-electron chi connectivity index (χ1n) is 12.6. The van der Waals surface area contributed by atoms with Crippen LogP contribution in [0.25, 0.3) is 6.08 Å². The second-order valence-electron chi connectivity index (χ2n) is 9.00. The van der Waals surface area contributed by atoms with Gasteiger partial charge in [0.15, 0.2) is 15.9 Å². The lowest BCUT2D eigenvalue weighted by Crippen LogP contribution is -2.30. The van der Waals surface area contributed by atoms with Crippen molar-refractivity contribution >= 4 is 69.2 Å². The first-order chi connectivity index (χ1) is 20.4. The summed E-state index contributed by atoms with van der Waals surface area (Å²) in [6.07, 6.45) is 4.60. The molecule has 3 aromatic carbocycles. The van der Waals surface area contributed by atoms with Gasteiger partial charge in [-0.1, -0.05) is 114 Å². The summed E-state index contributed by atoms with van der Waals surface area (Å²) in [5.74, 6) is -0.876. The first-order valence-corrected chi connectivity index (χ1v) is 15.2. The summed E-state index contributed by atoms with van der Waals surface area (Å²) in [6.45, 7) is 3.95. The van der Waals surface area contributed by atoms with Crippen LogP contribution >= 0.6 is 46.3 Å². The van der Waals surface area contributed by atoms with Gasteiger partial charge in [0.05, 0.1) is 11.6 Å². The molecule has 0 spiro atoms. The Bertz CT molecular complexity index is 1710. The van der Waals surface area contributed by atoms with Crippen molar-refractivity contribution in [3.63, 3.8) is 0 Å². The third-order valence-electron chi connectivity index (χ3n) is 6.21. The van der Waals surface area contributed by atoms with Crippen LogP contribution in [0.5, 0.6) is 5.75 Å². The van der Waals surface area contributed by atoms with Gasteiger partial charge in [-0.3, -0.25) is 14.5 Å². The first kappa shape index (κ1) is 29.6. The number of nitrogens with zero attached hydrogens (tertiary/aromatic N) is 3. The number of aliphatic hydroxyl groups excluding tert-OH is 1. The number of amides is 1. The molecule has 0 fully saturated rings. The molecule has 1 atom stereocenters. The summed E-state index contributed by atoms with van der Waals surface area (Å²) in [7, 11) is 0. The molecule has 0 bridgehead atoms. The van der Waals surface area contributed by atoms with Crippen LogP contribution in [-0.2, 0) is 15.3 Å². The molecule has 1 amide bonds. The van der Waals surface area contributed by atoms with Gasteiger partial charge in [0.25, 0.3) is 5.91 Å². The smallest absolute Gasteiger partial charge is 0.296 e. The van der Waals surface area contributed by atoms with Crippen LogP contribution in [0.1, 0.15) is 22.7 Å². The minimum Gasteiger partial charge on any atom is -0.503 e. The molecule has 2 heterocycles. The highest BCUT2D eigenvalue weighted by molar-refractivity contribution is 8.00. The number of halogens is 2. The maximum absolute atomic E-state index is 13.5. The quantitative estimate of drug-likeness (QED) is 0.0775. The van der Waals surface area contributed by atoms with Crippen molar-refractivity contribution in [3.8, 4) is 5.75 Å². The van der Waals surface area contributed by atoms with E-state index in [9.17, 15) is 14.7 Å². The van der Waals surface area contributed by atoms with Crippen LogP contribution in [0.4, 0.5) is 5.13 Å². The molecule has 1 N–H and O–H groups in total. The number of aromatic nitrogens is 2. The summed E-state index contributed by atoms with van der Waals surface area (Å²) in [4.78, 5) is 28.3. The number of ether oxygens (including phenoxy) is 1. The SMILES string of the molecule is C=CCOc1cccc(C2C(C(=O)/C=C/c3ccccc3)=C(O)C(=O)N2c2nnc(SCc3ccc(Cl)cc3Cl)s2)c1. The highest BCUT2D eigenvalue weighted by Crippen LogP contribution is 2.44. The fourth-order valence-electron chi connectivity index (χ4n) is 4.26. The highest BCUT2D eigenvalue weighted by atomic mass is 35.5. The monoisotopic (exact) mass is 635 g/mol. The van der Waals surface area contributed by atoms with Gasteiger partial charge in [-0.2, -0.15) is 0 Å². The molecule has 1 aliphatic rings. The summed E-state index contributed by atoms with van der Waals surface area (Å²) < 4.78 is 6.28. The maximum Gasteiger partial charge on any atom is 0.296 e. The largest absolute Gasteiger partial charge is 0.503 e. The van der Waals surface area contributed by atoms with Crippen LogP contribution in [0.15, 0.2) is 107 Å². The normalized spacial score (nSPS) is 15.0. The average molecular weight is 637 g/mol. The van der Waals surface area contributed by atoms with E-state index in [-0.39, 0.29) is 17.3 Å². The zero-order chi connectivity index (χ0) is 29.6. The molecule has 212 valence electrons. The molecule has 0 aliphatic carbocycles. The number of hydrogen-bond donors (Lipinski definition) is 1. The van der Waals surface area contributed by atoms with E-state index in [1.54, 1.807) is 48.6 Å². The highest BCUT2D eigenvalue weighted by Gasteiger charge is 2.45. The van der Waals surface area contributed by atoms with Gasteiger partial charge in [-0.25, -0.2) is 0 Å². The van der Waals surface area contributed by atoms with E-state index in [0.29, 0.717) is 31.5 Å². The van der Waals surface area contributed by atoms with Crippen LogP contribution < -0.4 is 9.64 Å². The van der Waals surface area contributed by atoms with Gasteiger partial charge in [-0.15, -0.1) is 10.2 Å². The third kappa shape index (κ3) is 6.60. The van der Waals surface area contributed by atoms with Crippen molar-refractivity contribution < 1.29 is 19.4 Å². The summed E-state index contributed by atoms with van der Waals surface area (Å²) >= 11 is 14.9. The molecule has 5 rings (SSSR count). The molecule has 0 radical (unpaired) electrons. The fourth-order valence-corrected chi connectivity index (χ4v) is 6.69. The standard InChI is InChI=1S/C31H23Cl2N3O4S2/c1-2-15-40-23-10-6-9-20(16-23)27-26(25(37)14-11-19-7-4-3-5-8-19)28(38)29(39)36(27)30-34-35-31(42-30)41-18-21-12-13-22(32)17-24(21)33/h2-14,16-17,27,38H,1,15,18H2/b14-11+. The molecule has 7 nitrogen and oxygen atoms in total. The minimum absolute atomic E-state index is 0.0644. The van der Waals surface area contributed by atoms with E-state index in [2.05, 4.69) is 16.8 Å². The Kier molecular flexibility index (Phi) is 9.44. The number of benzene rings is 3. The Labute approximate surface area is 260 Å². The third-order valence-corrected chi connectivity index (χ3v) is 8.90. The van der Waals surface area contributed by atoms with Crippen molar-refractivity contribution in [1.82, 2.24) is 10.2 Å². The van der Waals surface area contributed by atoms with Gasteiger partial charge in [0, 0.05) is 15.8 Å². The van der Waals surface area contributed by atoms with Gasteiger partial charge in [0.2, 0.25) is 5.13 Å². The summed E-state index contributed by atoms with van der Waals surface area (Å²) in [5.41, 5.74) is 2.16. The van der Waals surface area contributed by atoms with Crippen molar-refractivity contribution in [3.05, 3.63) is 130 Å². The molecule has 1 unspecified atom stereocenters. The summed E-state index contributed by atoms with van der Waals surface area (Å²) in [6, 6.07) is 20.6. The predicted molar refractivity (Wildman–Crippen MR) is 168 cm³/mol. The van der Waals surface area contributed by atoms with E-state index in [1.807, 2.05) is 36.4 Å². The van der Waals surface area contributed by atoms with E-state index < -0.39 is 23.5 Å². The Morgan fingerprint density at radius 3 is 2.67 bits per heavy atom.